The van der Waals surface area contributed by atoms with Crippen molar-refractivity contribution in [2.24, 2.45) is 0 Å². The summed E-state index contributed by atoms with van der Waals surface area (Å²) in [5, 5.41) is 7.63. The Balaban J connectivity index is 0.00000231. The van der Waals surface area contributed by atoms with Gasteiger partial charge in [0.2, 0.25) is 11.8 Å². The molecule has 41 heavy (non-hydrogen) atoms. The van der Waals surface area contributed by atoms with Crippen LogP contribution in [0.1, 0.15) is 16.7 Å². The van der Waals surface area contributed by atoms with Crippen LogP contribution < -0.4 is 10.6 Å². The maximum atomic E-state index is 13.3. The van der Waals surface area contributed by atoms with E-state index in [4.69, 9.17) is 11.6 Å². The third kappa shape index (κ3) is 8.96. The van der Waals surface area contributed by atoms with Gasteiger partial charge in [-0.2, -0.15) is 0 Å². The van der Waals surface area contributed by atoms with Gasteiger partial charge in [-0.15, -0.1) is 24.8 Å². The molecule has 0 bridgehead atoms. The summed E-state index contributed by atoms with van der Waals surface area (Å²) in [4.78, 5) is 34.3. The molecular formula is C31H36Cl3N5O2. The number of carbonyl (C=O) groups is 2. The van der Waals surface area contributed by atoms with E-state index < -0.39 is 6.04 Å². The number of H-pyrrole nitrogens is 1. The molecule has 218 valence electrons. The fourth-order valence-electron chi connectivity index (χ4n) is 5.07. The summed E-state index contributed by atoms with van der Waals surface area (Å²) in [6.07, 6.45) is 2.30. The molecule has 2 heterocycles. The Morgan fingerprint density at radius 1 is 0.829 bits per heavy atom. The quantitative estimate of drug-likeness (QED) is 0.239. The third-order valence-electron chi connectivity index (χ3n) is 7.24. The first kappa shape index (κ1) is 32.4. The smallest absolute Gasteiger partial charge is 0.243 e. The molecule has 3 N–H and O–H groups in total. The van der Waals surface area contributed by atoms with E-state index in [1.165, 1.54) is 5.56 Å². The van der Waals surface area contributed by atoms with Crippen molar-refractivity contribution >= 4 is 59.1 Å². The number of carbonyl (C=O) groups excluding carboxylic acids is 2. The Hall–Kier alpha value is -3.07. The lowest BCUT2D eigenvalue weighted by molar-refractivity contribution is -0.129. The highest BCUT2D eigenvalue weighted by Crippen LogP contribution is 2.20. The second-order valence-corrected chi connectivity index (χ2v) is 10.4. The molecule has 1 unspecified atom stereocenters. The lowest BCUT2D eigenvalue weighted by Crippen LogP contribution is -2.53. The average Bonchev–Trinajstić information content (AvgIpc) is 3.36. The summed E-state index contributed by atoms with van der Waals surface area (Å²) in [7, 11) is 0. The molecule has 5 rings (SSSR count). The maximum absolute atomic E-state index is 13.3. The Labute approximate surface area is 258 Å². The van der Waals surface area contributed by atoms with E-state index in [9.17, 15) is 9.59 Å². The highest BCUT2D eigenvalue weighted by atomic mass is 35.5. The van der Waals surface area contributed by atoms with Crippen LogP contribution in [0.4, 0.5) is 0 Å². The van der Waals surface area contributed by atoms with Gasteiger partial charge in [-0.05, 0) is 28.8 Å². The first-order valence-corrected chi connectivity index (χ1v) is 13.8. The van der Waals surface area contributed by atoms with E-state index in [2.05, 4.69) is 49.7 Å². The molecule has 0 spiro atoms. The number of nitrogens with zero attached hydrogens (tertiary/aromatic N) is 2. The van der Waals surface area contributed by atoms with Gasteiger partial charge in [-0.3, -0.25) is 19.4 Å². The molecule has 0 radical (unpaired) electrons. The fourth-order valence-corrected chi connectivity index (χ4v) is 5.27. The number of aromatic amines is 1. The van der Waals surface area contributed by atoms with Crippen LogP contribution in [0.25, 0.3) is 10.9 Å². The third-order valence-corrected chi connectivity index (χ3v) is 7.61. The van der Waals surface area contributed by atoms with E-state index in [-0.39, 0.29) is 43.2 Å². The van der Waals surface area contributed by atoms with Gasteiger partial charge in [0.15, 0.2) is 0 Å². The van der Waals surface area contributed by atoms with E-state index >= 15 is 0 Å². The Morgan fingerprint density at radius 2 is 1.49 bits per heavy atom. The lowest BCUT2D eigenvalue weighted by atomic mass is 10.0. The minimum absolute atomic E-state index is 0. The molecule has 1 atom stereocenters. The number of hydrogen-bond acceptors (Lipinski definition) is 4. The van der Waals surface area contributed by atoms with Crippen LogP contribution in [0.3, 0.4) is 0 Å². The zero-order valence-corrected chi connectivity index (χ0v) is 25.1. The van der Waals surface area contributed by atoms with Crippen molar-refractivity contribution in [1.82, 2.24) is 25.4 Å². The van der Waals surface area contributed by atoms with E-state index in [0.29, 0.717) is 18.0 Å². The van der Waals surface area contributed by atoms with Gasteiger partial charge in [0.25, 0.3) is 0 Å². The summed E-state index contributed by atoms with van der Waals surface area (Å²) in [5.41, 5.74) is 4.12. The monoisotopic (exact) mass is 615 g/mol. The van der Waals surface area contributed by atoms with Crippen LogP contribution in [0.5, 0.6) is 0 Å². The van der Waals surface area contributed by atoms with Crippen molar-refractivity contribution in [3.05, 3.63) is 107 Å². The van der Waals surface area contributed by atoms with Crippen molar-refractivity contribution in [3.63, 3.8) is 0 Å². The Morgan fingerprint density at radius 3 is 2.24 bits per heavy atom. The van der Waals surface area contributed by atoms with E-state index in [1.54, 1.807) is 6.07 Å². The summed E-state index contributed by atoms with van der Waals surface area (Å²) in [6, 6.07) is 25.1. The number of nitrogens with one attached hydrogen (secondary N) is 3. The standard InChI is InChI=1S/C31H34ClN5O2.2ClH/c32-27-12-6-4-10-24(27)19-34-31(39)29(18-25-20-33-28-13-7-5-11-26(25)28)35-30(38)22-37-16-14-36(15-17-37)21-23-8-2-1-3-9-23;;/h1-13,20,29,33H,14-19,21-22H2,(H,34,39)(H,35,38);2*1H. The van der Waals surface area contributed by atoms with E-state index in [0.717, 1.165) is 54.8 Å². The first-order chi connectivity index (χ1) is 19.0. The molecule has 0 aliphatic carbocycles. The molecule has 1 saturated heterocycles. The Bertz CT molecular complexity index is 1410. The highest BCUT2D eigenvalue weighted by molar-refractivity contribution is 6.31. The molecule has 0 saturated carbocycles. The SMILES string of the molecule is Cl.Cl.O=C(CN1CCN(Cc2ccccc2)CC1)NC(Cc1c[nH]c2ccccc12)C(=O)NCc1ccccc1Cl. The minimum atomic E-state index is -0.710. The molecule has 2 amide bonds. The van der Waals surface area contributed by atoms with Crippen LogP contribution in [-0.4, -0.2) is 65.4 Å². The number of fused-ring (bicyclic) bond motifs is 1. The number of rotatable bonds is 10. The van der Waals surface area contributed by atoms with Crippen LogP contribution in [0.2, 0.25) is 5.02 Å². The number of benzene rings is 3. The second kappa shape index (κ2) is 15.8. The summed E-state index contributed by atoms with van der Waals surface area (Å²) >= 11 is 6.28. The molecule has 7 nitrogen and oxygen atoms in total. The number of para-hydroxylation sites is 1. The van der Waals surface area contributed by atoms with Crippen molar-refractivity contribution in [2.45, 2.75) is 25.6 Å². The highest BCUT2D eigenvalue weighted by Gasteiger charge is 2.25. The zero-order valence-electron chi connectivity index (χ0n) is 22.7. The number of amides is 2. The molecule has 1 aliphatic rings. The van der Waals surface area contributed by atoms with Gasteiger partial charge in [0.05, 0.1) is 6.54 Å². The normalized spacial score (nSPS) is 14.5. The lowest BCUT2D eigenvalue weighted by Gasteiger charge is -2.34. The van der Waals surface area contributed by atoms with Gasteiger partial charge in [-0.25, -0.2) is 0 Å². The van der Waals surface area contributed by atoms with Crippen molar-refractivity contribution in [1.29, 1.82) is 0 Å². The van der Waals surface area contributed by atoms with Crippen molar-refractivity contribution < 1.29 is 9.59 Å². The van der Waals surface area contributed by atoms with Crippen LogP contribution in [0.15, 0.2) is 85.1 Å². The van der Waals surface area contributed by atoms with Crippen LogP contribution in [0, 0.1) is 0 Å². The summed E-state index contributed by atoms with van der Waals surface area (Å²) in [5.74, 6) is -0.384. The molecule has 4 aromatic rings. The number of hydrogen-bond donors (Lipinski definition) is 3. The molecular weight excluding hydrogens is 581 g/mol. The van der Waals surface area contributed by atoms with Gasteiger partial charge in [0, 0.05) is 67.8 Å². The number of piperazine rings is 1. The number of aromatic nitrogens is 1. The van der Waals surface area contributed by atoms with Crippen molar-refractivity contribution in [3.8, 4) is 0 Å². The first-order valence-electron chi connectivity index (χ1n) is 13.4. The number of halogens is 3. The molecule has 1 aliphatic heterocycles. The van der Waals surface area contributed by atoms with Gasteiger partial charge >= 0.3 is 0 Å². The molecule has 1 fully saturated rings. The fraction of sp³-hybridized carbons (Fsp3) is 0.290. The second-order valence-electron chi connectivity index (χ2n) is 10.0. The summed E-state index contributed by atoms with van der Waals surface area (Å²) in [6.45, 7) is 4.90. The van der Waals surface area contributed by atoms with Gasteiger partial charge in [0.1, 0.15) is 6.04 Å². The molecule has 10 heteroatoms. The zero-order chi connectivity index (χ0) is 27.0. The van der Waals surface area contributed by atoms with Crippen LogP contribution >= 0.6 is 36.4 Å². The predicted molar refractivity (Wildman–Crippen MR) is 170 cm³/mol. The topological polar surface area (TPSA) is 80.5 Å². The molecule has 1 aromatic heterocycles. The van der Waals surface area contributed by atoms with Gasteiger partial charge in [-0.1, -0.05) is 78.3 Å². The summed E-state index contributed by atoms with van der Waals surface area (Å²) < 4.78 is 0. The predicted octanol–water partition coefficient (Wildman–Crippen LogP) is 4.83. The largest absolute Gasteiger partial charge is 0.361 e. The minimum Gasteiger partial charge on any atom is -0.361 e. The van der Waals surface area contributed by atoms with Crippen molar-refractivity contribution in [2.75, 3.05) is 32.7 Å². The average molecular weight is 617 g/mol. The maximum Gasteiger partial charge on any atom is 0.243 e. The van der Waals surface area contributed by atoms with E-state index in [1.807, 2.05) is 54.7 Å². The van der Waals surface area contributed by atoms with Gasteiger partial charge < -0.3 is 15.6 Å². The molecule has 3 aromatic carbocycles. The Kier molecular flexibility index (Phi) is 12.5. The van der Waals surface area contributed by atoms with Crippen LogP contribution in [-0.2, 0) is 29.1 Å².